The average Bonchev–Trinajstić information content (AvgIpc) is 2.04. The lowest BCUT2D eigenvalue weighted by atomic mass is 10.2. The maximum Gasteiger partial charge on any atom is 0.302 e. The third-order valence-electron chi connectivity index (χ3n) is 1.45. The summed E-state index contributed by atoms with van der Waals surface area (Å²) < 4.78 is 23.3. The molecule has 0 spiro atoms. The van der Waals surface area contributed by atoms with Crippen molar-refractivity contribution in [3.8, 4) is 0 Å². The van der Waals surface area contributed by atoms with Gasteiger partial charge in [0.1, 0.15) is 6.10 Å². The quantitative estimate of drug-likeness (QED) is 0.710. The van der Waals surface area contributed by atoms with Crippen LogP contribution in [-0.2, 0) is 15.5 Å². The first-order chi connectivity index (χ1) is 6.09. The number of pyridine rings is 1. The average molecular weight is 202 g/mol. The van der Waals surface area contributed by atoms with Crippen molar-refractivity contribution in [1.29, 1.82) is 0 Å². The summed E-state index contributed by atoms with van der Waals surface area (Å²) in [4.78, 5) is 3.94. The molecule has 13 heavy (non-hydrogen) atoms. The fourth-order valence-electron chi connectivity index (χ4n) is 0.830. The Balaban J connectivity index is 2.71. The molecule has 1 heterocycles. The van der Waals surface area contributed by atoms with Gasteiger partial charge in [-0.3, -0.25) is 13.7 Å². The van der Waals surface area contributed by atoms with Crippen LogP contribution in [0.3, 0.4) is 0 Å². The first-order valence-electron chi connectivity index (χ1n) is 3.59. The van der Waals surface area contributed by atoms with Gasteiger partial charge in [-0.2, -0.15) is 4.21 Å². The first-order valence-corrected chi connectivity index (χ1v) is 4.62. The van der Waals surface area contributed by atoms with Crippen LogP contribution in [0.4, 0.5) is 5.69 Å². The lowest BCUT2D eigenvalue weighted by Crippen LogP contribution is -2.04. The third-order valence-corrected chi connectivity index (χ3v) is 1.91. The summed E-state index contributed by atoms with van der Waals surface area (Å²) in [7, 11) is 0. The molecule has 5 nitrogen and oxygen atoms in total. The summed E-state index contributed by atoms with van der Waals surface area (Å²) in [5, 5.41) is 0. The van der Waals surface area contributed by atoms with E-state index >= 15 is 0 Å². The summed E-state index contributed by atoms with van der Waals surface area (Å²) in [5.41, 5.74) is 6.52. The van der Waals surface area contributed by atoms with E-state index in [1.807, 2.05) is 0 Å². The number of nitrogens with zero attached hydrogens (tertiary/aromatic N) is 1. The van der Waals surface area contributed by atoms with Gasteiger partial charge in [0.15, 0.2) is 0 Å². The summed E-state index contributed by atoms with van der Waals surface area (Å²) in [6.45, 7) is 1.63. The molecule has 72 valence electrons. The maximum atomic E-state index is 10.3. The second-order valence-corrected chi connectivity index (χ2v) is 3.10. The number of hydrogen-bond donors (Lipinski definition) is 2. The second-order valence-electron chi connectivity index (χ2n) is 2.47. The third kappa shape index (κ3) is 3.10. The number of anilines is 1. The summed E-state index contributed by atoms with van der Waals surface area (Å²) >= 11 is -2.27. The van der Waals surface area contributed by atoms with Crippen molar-refractivity contribution < 1.29 is 12.9 Å². The largest absolute Gasteiger partial charge is 0.397 e. The molecule has 3 N–H and O–H groups in total. The van der Waals surface area contributed by atoms with Crippen molar-refractivity contribution >= 4 is 17.0 Å². The Bertz CT molecular complexity index is 301. The van der Waals surface area contributed by atoms with E-state index in [1.54, 1.807) is 19.1 Å². The van der Waals surface area contributed by atoms with Gasteiger partial charge < -0.3 is 5.73 Å². The normalized spacial score (nSPS) is 15.2. The fraction of sp³-hybridized carbons (Fsp3) is 0.286. The summed E-state index contributed by atoms with van der Waals surface area (Å²) in [6, 6.07) is 3.30. The van der Waals surface area contributed by atoms with Gasteiger partial charge in [-0.25, -0.2) is 0 Å². The van der Waals surface area contributed by atoms with Crippen molar-refractivity contribution in [1.82, 2.24) is 4.98 Å². The van der Waals surface area contributed by atoms with Crippen LogP contribution < -0.4 is 5.73 Å². The zero-order valence-corrected chi connectivity index (χ0v) is 7.82. The minimum Gasteiger partial charge on any atom is -0.397 e. The topological polar surface area (TPSA) is 85.4 Å². The highest BCUT2D eigenvalue weighted by Crippen LogP contribution is 2.15. The van der Waals surface area contributed by atoms with Crippen LogP contribution in [0.1, 0.15) is 18.7 Å². The molecule has 0 saturated carbocycles. The van der Waals surface area contributed by atoms with Crippen molar-refractivity contribution in [2.75, 3.05) is 5.73 Å². The molecular formula is C7H10N2O3S. The fourth-order valence-corrected chi connectivity index (χ4v) is 1.18. The molecule has 0 radical (unpaired) electrons. The van der Waals surface area contributed by atoms with Gasteiger partial charge in [0.05, 0.1) is 17.6 Å². The summed E-state index contributed by atoms with van der Waals surface area (Å²) in [6.07, 6.45) is 0.946. The molecule has 0 amide bonds. The van der Waals surface area contributed by atoms with E-state index in [0.717, 1.165) is 0 Å². The Morgan fingerprint density at radius 2 is 2.38 bits per heavy atom. The number of rotatable bonds is 3. The van der Waals surface area contributed by atoms with Crippen LogP contribution in [0.2, 0.25) is 0 Å². The number of aromatic nitrogens is 1. The molecule has 0 aliphatic carbocycles. The van der Waals surface area contributed by atoms with Crippen LogP contribution in [-0.4, -0.2) is 13.7 Å². The number of nitrogens with two attached hydrogens (primary N) is 1. The van der Waals surface area contributed by atoms with E-state index in [9.17, 15) is 4.21 Å². The maximum absolute atomic E-state index is 10.3. The molecular weight excluding hydrogens is 192 g/mol. The zero-order valence-electron chi connectivity index (χ0n) is 7.01. The molecule has 0 aliphatic heterocycles. The van der Waals surface area contributed by atoms with E-state index in [4.69, 9.17) is 10.3 Å². The Morgan fingerprint density at radius 1 is 1.69 bits per heavy atom. The monoisotopic (exact) mass is 202 g/mol. The van der Waals surface area contributed by atoms with Gasteiger partial charge >= 0.3 is 11.4 Å². The highest BCUT2D eigenvalue weighted by Gasteiger charge is 2.09. The molecule has 1 rings (SSSR count). The van der Waals surface area contributed by atoms with E-state index in [1.165, 1.54) is 6.20 Å². The first kappa shape index (κ1) is 10.1. The van der Waals surface area contributed by atoms with Gasteiger partial charge in [-0.15, -0.1) is 0 Å². The van der Waals surface area contributed by atoms with Gasteiger partial charge in [-0.1, -0.05) is 0 Å². The standard InChI is InChI=1S/C7H10N2O3S/c1-5(12-13(10)11)7-3-2-6(8)4-9-7/h2-5H,8H2,1H3,(H,10,11). The molecule has 0 saturated heterocycles. The van der Waals surface area contributed by atoms with E-state index in [-0.39, 0.29) is 0 Å². The summed E-state index contributed by atoms with van der Waals surface area (Å²) in [5.74, 6) is 0. The Morgan fingerprint density at radius 3 is 2.85 bits per heavy atom. The van der Waals surface area contributed by atoms with Gasteiger partial charge in [0.25, 0.3) is 0 Å². The van der Waals surface area contributed by atoms with Crippen LogP contribution in [0.25, 0.3) is 0 Å². The molecule has 0 aliphatic rings. The Kier molecular flexibility index (Phi) is 3.35. The van der Waals surface area contributed by atoms with Crippen LogP contribution >= 0.6 is 0 Å². The second kappa shape index (κ2) is 4.31. The molecule has 0 bridgehead atoms. The molecule has 2 unspecified atom stereocenters. The molecule has 1 aromatic rings. The highest BCUT2D eigenvalue weighted by atomic mass is 32.2. The molecule has 2 atom stereocenters. The van der Waals surface area contributed by atoms with E-state index in [2.05, 4.69) is 9.17 Å². The van der Waals surface area contributed by atoms with E-state index in [0.29, 0.717) is 11.4 Å². The van der Waals surface area contributed by atoms with Crippen molar-refractivity contribution in [2.45, 2.75) is 13.0 Å². The molecule has 0 aromatic carbocycles. The molecule has 0 fully saturated rings. The van der Waals surface area contributed by atoms with Crippen LogP contribution in [0.5, 0.6) is 0 Å². The smallest absolute Gasteiger partial charge is 0.302 e. The number of hydrogen-bond acceptors (Lipinski definition) is 4. The van der Waals surface area contributed by atoms with E-state index < -0.39 is 17.5 Å². The minimum atomic E-state index is -2.27. The van der Waals surface area contributed by atoms with Gasteiger partial charge in [-0.05, 0) is 19.1 Å². The zero-order chi connectivity index (χ0) is 9.84. The van der Waals surface area contributed by atoms with Crippen molar-refractivity contribution in [3.05, 3.63) is 24.0 Å². The van der Waals surface area contributed by atoms with Gasteiger partial charge in [0, 0.05) is 0 Å². The van der Waals surface area contributed by atoms with Crippen LogP contribution in [0.15, 0.2) is 18.3 Å². The lowest BCUT2D eigenvalue weighted by molar-refractivity contribution is 0.222. The van der Waals surface area contributed by atoms with Gasteiger partial charge in [0.2, 0.25) is 0 Å². The Hall–Kier alpha value is -0.980. The SMILES string of the molecule is CC(OS(=O)O)c1ccc(N)cn1. The Labute approximate surface area is 78.4 Å². The lowest BCUT2D eigenvalue weighted by Gasteiger charge is -2.07. The predicted molar refractivity (Wildman–Crippen MR) is 48.9 cm³/mol. The molecule has 6 heteroatoms. The molecule has 1 aromatic heterocycles. The predicted octanol–water partition coefficient (Wildman–Crippen LogP) is 0.878. The highest BCUT2D eigenvalue weighted by molar-refractivity contribution is 7.74. The number of nitrogen functional groups attached to an aromatic ring is 1. The minimum absolute atomic E-state index is 0.522. The van der Waals surface area contributed by atoms with Crippen LogP contribution in [0, 0.1) is 0 Å². The van der Waals surface area contributed by atoms with Crippen molar-refractivity contribution in [2.24, 2.45) is 0 Å². The van der Waals surface area contributed by atoms with Crippen molar-refractivity contribution in [3.63, 3.8) is 0 Å².